The number of alkyl halides is 2. The first kappa shape index (κ1) is 21.5. The van der Waals surface area contributed by atoms with Crippen LogP contribution in [0.1, 0.15) is 32.8 Å². The fourth-order valence-corrected chi connectivity index (χ4v) is 1.81. The van der Waals surface area contributed by atoms with Crippen molar-refractivity contribution in [1.29, 1.82) is 0 Å². The lowest BCUT2D eigenvalue weighted by molar-refractivity contribution is -0.144. The van der Waals surface area contributed by atoms with Crippen molar-refractivity contribution >= 4 is 12.1 Å². The third kappa shape index (κ3) is 8.50. The SMILES string of the molecule is COc1cc(COC(=O)CCNC(=O)OC(C)(C)C)ccc1OC(F)F. The van der Waals surface area contributed by atoms with Gasteiger partial charge in [-0.25, -0.2) is 4.79 Å². The third-order valence-electron chi connectivity index (χ3n) is 2.84. The van der Waals surface area contributed by atoms with Gasteiger partial charge >= 0.3 is 18.7 Å². The Labute approximate surface area is 150 Å². The van der Waals surface area contributed by atoms with Gasteiger partial charge in [-0.05, 0) is 38.5 Å². The fraction of sp³-hybridized carbons (Fsp3) is 0.529. The first-order chi connectivity index (χ1) is 12.1. The number of benzene rings is 1. The molecule has 146 valence electrons. The molecule has 0 bridgehead atoms. The highest BCUT2D eigenvalue weighted by atomic mass is 19.3. The molecule has 0 unspecified atom stereocenters. The molecule has 0 aliphatic rings. The number of carbonyl (C=O) groups excluding carboxylic acids is 2. The van der Waals surface area contributed by atoms with Gasteiger partial charge in [-0.15, -0.1) is 0 Å². The minimum atomic E-state index is -2.97. The van der Waals surface area contributed by atoms with Gasteiger partial charge in [0.05, 0.1) is 13.5 Å². The number of amides is 1. The van der Waals surface area contributed by atoms with Gasteiger partial charge < -0.3 is 24.3 Å². The molecule has 0 radical (unpaired) electrons. The Morgan fingerprint density at radius 1 is 1.19 bits per heavy atom. The zero-order valence-corrected chi connectivity index (χ0v) is 15.1. The van der Waals surface area contributed by atoms with Crippen molar-refractivity contribution in [2.45, 2.75) is 46.0 Å². The standard InChI is InChI=1S/C17H23F2NO6/c1-17(2,3)26-16(22)20-8-7-14(21)24-10-11-5-6-12(25-15(18)19)13(9-11)23-4/h5-6,9,15H,7-8,10H2,1-4H3,(H,20,22). The molecule has 0 aliphatic carbocycles. The molecule has 0 aromatic heterocycles. The van der Waals surface area contributed by atoms with Crippen LogP contribution < -0.4 is 14.8 Å². The van der Waals surface area contributed by atoms with Gasteiger partial charge in [0, 0.05) is 6.54 Å². The van der Waals surface area contributed by atoms with E-state index in [9.17, 15) is 18.4 Å². The molecule has 0 fully saturated rings. The van der Waals surface area contributed by atoms with Crippen LogP contribution >= 0.6 is 0 Å². The zero-order valence-electron chi connectivity index (χ0n) is 15.1. The third-order valence-corrected chi connectivity index (χ3v) is 2.84. The summed E-state index contributed by atoms with van der Waals surface area (Å²) in [5.41, 5.74) is -0.0824. The van der Waals surface area contributed by atoms with Crippen LogP contribution in [0, 0.1) is 0 Å². The summed E-state index contributed by atoms with van der Waals surface area (Å²) in [6.45, 7) is 2.21. The van der Waals surface area contributed by atoms with E-state index in [1.807, 2.05) is 0 Å². The molecule has 26 heavy (non-hydrogen) atoms. The Morgan fingerprint density at radius 3 is 2.46 bits per heavy atom. The number of esters is 1. The maximum absolute atomic E-state index is 12.3. The number of nitrogens with one attached hydrogen (secondary N) is 1. The molecule has 1 N–H and O–H groups in total. The molecule has 7 nitrogen and oxygen atoms in total. The smallest absolute Gasteiger partial charge is 0.407 e. The first-order valence-electron chi connectivity index (χ1n) is 7.85. The summed E-state index contributed by atoms with van der Waals surface area (Å²) in [4.78, 5) is 23.1. The molecule has 0 saturated heterocycles. The molecule has 1 amide bonds. The van der Waals surface area contributed by atoms with Crippen molar-refractivity contribution in [1.82, 2.24) is 5.32 Å². The summed E-state index contributed by atoms with van der Waals surface area (Å²) in [6, 6.07) is 4.22. The van der Waals surface area contributed by atoms with E-state index in [0.717, 1.165) is 0 Å². The van der Waals surface area contributed by atoms with Crippen LogP contribution in [0.15, 0.2) is 18.2 Å². The Hall–Kier alpha value is -2.58. The average molecular weight is 375 g/mol. The summed E-state index contributed by atoms with van der Waals surface area (Å²) in [7, 11) is 1.31. The Kier molecular flexibility index (Phi) is 8.08. The predicted molar refractivity (Wildman–Crippen MR) is 88.3 cm³/mol. The largest absolute Gasteiger partial charge is 0.493 e. The lowest BCUT2D eigenvalue weighted by Gasteiger charge is -2.19. The second-order valence-corrected chi connectivity index (χ2v) is 6.20. The van der Waals surface area contributed by atoms with E-state index in [2.05, 4.69) is 10.1 Å². The first-order valence-corrected chi connectivity index (χ1v) is 7.85. The number of carbonyl (C=O) groups is 2. The van der Waals surface area contributed by atoms with Crippen molar-refractivity contribution in [2.75, 3.05) is 13.7 Å². The van der Waals surface area contributed by atoms with Crippen molar-refractivity contribution in [3.05, 3.63) is 23.8 Å². The van der Waals surface area contributed by atoms with E-state index >= 15 is 0 Å². The van der Waals surface area contributed by atoms with E-state index in [0.29, 0.717) is 5.56 Å². The molecule has 9 heteroatoms. The minimum absolute atomic E-state index is 0.0387. The van der Waals surface area contributed by atoms with Gasteiger partial charge in [0.15, 0.2) is 11.5 Å². The van der Waals surface area contributed by atoms with Gasteiger partial charge in [-0.1, -0.05) is 6.07 Å². The van der Waals surface area contributed by atoms with Crippen molar-refractivity contribution in [3.63, 3.8) is 0 Å². The average Bonchev–Trinajstić information content (AvgIpc) is 2.51. The van der Waals surface area contributed by atoms with Crippen LogP contribution in [-0.2, 0) is 20.9 Å². The number of methoxy groups -OCH3 is 1. The molecular formula is C17H23F2NO6. The summed E-state index contributed by atoms with van der Waals surface area (Å²) < 4.78 is 43.9. The number of hydrogen-bond acceptors (Lipinski definition) is 6. The van der Waals surface area contributed by atoms with Gasteiger partial charge in [-0.2, -0.15) is 8.78 Å². The highest BCUT2D eigenvalue weighted by molar-refractivity contribution is 5.72. The molecule has 1 aromatic carbocycles. The topological polar surface area (TPSA) is 83.1 Å². The maximum atomic E-state index is 12.3. The van der Waals surface area contributed by atoms with Crippen LogP contribution in [0.3, 0.4) is 0 Å². The Bertz CT molecular complexity index is 616. The van der Waals surface area contributed by atoms with E-state index in [-0.39, 0.29) is 31.1 Å². The summed E-state index contributed by atoms with van der Waals surface area (Å²) >= 11 is 0. The van der Waals surface area contributed by atoms with E-state index in [4.69, 9.17) is 14.2 Å². The lowest BCUT2D eigenvalue weighted by atomic mass is 10.2. The molecule has 0 saturated carbocycles. The normalized spacial score (nSPS) is 11.0. The number of alkyl carbamates (subject to hydrolysis) is 1. The molecule has 1 rings (SSSR count). The Balaban J connectivity index is 2.41. The molecule has 0 heterocycles. The second-order valence-electron chi connectivity index (χ2n) is 6.20. The van der Waals surface area contributed by atoms with Gasteiger partial charge in [0.1, 0.15) is 12.2 Å². The van der Waals surface area contributed by atoms with Crippen LogP contribution in [-0.4, -0.2) is 37.9 Å². The van der Waals surface area contributed by atoms with Crippen LogP contribution in [0.4, 0.5) is 13.6 Å². The second kappa shape index (κ2) is 9.79. The van der Waals surface area contributed by atoms with Crippen molar-refractivity contribution < 1.29 is 37.3 Å². The molecule has 0 aliphatic heterocycles. The minimum Gasteiger partial charge on any atom is -0.493 e. The van der Waals surface area contributed by atoms with E-state index in [1.165, 1.54) is 25.3 Å². The van der Waals surface area contributed by atoms with Crippen LogP contribution in [0.2, 0.25) is 0 Å². The molecule has 0 spiro atoms. The number of halogens is 2. The zero-order chi connectivity index (χ0) is 19.7. The molecular weight excluding hydrogens is 352 g/mol. The van der Waals surface area contributed by atoms with E-state index < -0.39 is 24.3 Å². The van der Waals surface area contributed by atoms with Gasteiger partial charge in [-0.3, -0.25) is 4.79 Å². The quantitative estimate of drug-likeness (QED) is 0.703. The summed E-state index contributed by atoms with van der Waals surface area (Å²) in [5, 5.41) is 2.44. The lowest BCUT2D eigenvalue weighted by Crippen LogP contribution is -2.33. The Morgan fingerprint density at radius 2 is 1.88 bits per heavy atom. The highest BCUT2D eigenvalue weighted by Crippen LogP contribution is 2.29. The van der Waals surface area contributed by atoms with Crippen LogP contribution in [0.5, 0.6) is 11.5 Å². The van der Waals surface area contributed by atoms with E-state index in [1.54, 1.807) is 20.8 Å². The summed E-state index contributed by atoms with van der Waals surface area (Å²) in [5.74, 6) is -0.544. The van der Waals surface area contributed by atoms with Crippen LogP contribution in [0.25, 0.3) is 0 Å². The molecule has 1 aromatic rings. The van der Waals surface area contributed by atoms with Crippen molar-refractivity contribution in [2.24, 2.45) is 0 Å². The predicted octanol–water partition coefficient (Wildman–Crippen LogP) is 3.25. The molecule has 0 atom stereocenters. The fourth-order valence-electron chi connectivity index (χ4n) is 1.81. The number of ether oxygens (including phenoxy) is 4. The van der Waals surface area contributed by atoms with Gasteiger partial charge in [0.25, 0.3) is 0 Å². The monoisotopic (exact) mass is 375 g/mol. The highest BCUT2D eigenvalue weighted by Gasteiger charge is 2.16. The summed E-state index contributed by atoms with van der Waals surface area (Å²) in [6.07, 6.45) is -0.659. The van der Waals surface area contributed by atoms with Gasteiger partial charge in [0.2, 0.25) is 0 Å². The van der Waals surface area contributed by atoms with Crippen molar-refractivity contribution in [3.8, 4) is 11.5 Å². The maximum Gasteiger partial charge on any atom is 0.407 e. The number of rotatable bonds is 8. The number of hydrogen-bond donors (Lipinski definition) is 1.